The van der Waals surface area contributed by atoms with E-state index in [1.807, 2.05) is 23.7 Å². The number of carbonyl (C=O) groups is 1. The number of amides is 1. The van der Waals surface area contributed by atoms with Gasteiger partial charge in [-0.3, -0.25) is 4.79 Å². The molecular weight excluding hydrogens is 292 g/mol. The molecule has 0 spiro atoms. The molecule has 1 saturated heterocycles. The lowest BCUT2D eigenvalue weighted by atomic mass is 10.1. The van der Waals surface area contributed by atoms with E-state index in [1.165, 1.54) is 11.1 Å². The molecule has 2 rings (SSSR count). The average Bonchev–Trinajstić information content (AvgIpc) is 2.42. The number of benzene rings is 1. The molecule has 1 aromatic rings. The van der Waals surface area contributed by atoms with Crippen molar-refractivity contribution in [2.24, 2.45) is 0 Å². The SMILES string of the molecule is Cc1ccc(CN(C)C(=O)CC2CSCCN2)cc1.Cl. The van der Waals surface area contributed by atoms with Crippen molar-refractivity contribution in [3.05, 3.63) is 35.4 Å². The summed E-state index contributed by atoms with van der Waals surface area (Å²) in [5.41, 5.74) is 2.44. The Morgan fingerprint density at radius 1 is 1.40 bits per heavy atom. The fourth-order valence-corrected chi connectivity index (χ4v) is 3.12. The van der Waals surface area contributed by atoms with Crippen LogP contribution in [0, 0.1) is 6.92 Å². The molecule has 1 fully saturated rings. The summed E-state index contributed by atoms with van der Waals surface area (Å²) in [5, 5.41) is 3.41. The van der Waals surface area contributed by atoms with Crippen molar-refractivity contribution in [2.75, 3.05) is 25.1 Å². The van der Waals surface area contributed by atoms with Crippen molar-refractivity contribution in [3.8, 4) is 0 Å². The summed E-state index contributed by atoms with van der Waals surface area (Å²) in [4.78, 5) is 14.0. The summed E-state index contributed by atoms with van der Waals surface area (Å²) in [6, 6.07) is 8.70. The van der Waals surface area contributed by atoms with Gasteiger partial charge >= 0.3 is 0 Å². The standard InChI is InChI=1S/C15H22N2OS.ClH/c1-12-3-5-13(6-4-12)10-17(2)15(18)9-14-11-19-8-7-16-14;/h3-6,14,16H,7-11H2,1-2H3;1H. The number of halogens is 1. The zero-order valence-electron chi connectivity index (χ0n) is 12.1. The van der Waals surface area contributed by atoms with Gasteiger partial charge in [0.05, 0.1) is 0 Å². The molecule has 0 bridgehead atoms. The minimum absolute atomic E-state index is 0. The van der Waals surface area contributed by atoms with E-state index in [1.54, 1.807) is 0 Å². The molecule has 1 N–H and O–H groups in total. The Balaban J connectivity index is 0.00000200. The molecule has 0 radical (unpaired) electrons. The van der Waals surface area contributed by atoms with Gasteiger partial charge in [0.2, 0.25) is 5.91 Å². The molecule has 1 aliphatic heterocycles. The van der Waals surface area contributed by atoms with Crippen LogP contribution >= 0.6 is 24.2 Å². The van der Waals surface area contributed by atoms with Gasteiger partial charge in [0, 0.05) is 44.1 Å². The van der Waals surface area contributed by atoms with Gasteiger partial charge in [-0.05, 0) is 12.5 Å². The first-order valence-corrected chi connectivity index (χ1v) is 7.91. The first-order valence-electron chi connectivity index (χ1n) is 6.76. The monoisotopic (exact) mass is 314 g/mol. The molecule has 0 aliphatic carbocycles. The number of rotatable bonds is 4. The van der Waals surface area contributed by atoms with Crippen molar-refractivity contribution in [3.63, 3.8) is 0 Å². The van der Waals surface area contributed by atoms with Crippen LogP contribution in [0.5, 0.6) is 0 Å². The maximum Gasteiger partial charge on any atom is 0.224 e. The second-order valence-electron chi connectivity index (χ2n) is 5.17. The largest absolute Gasteiger partial charge is 0.341 e. The van der Waals surface area contributed by atoms with Crippen LogP contribution in [0.3, 0.4) is 0 Å². The molecule has 20 heavy (non-hydrogen) atoms. The van der Waals surface area contributed by atoms with Crippen LogP contribution in [-0.2, 0) is 11.3 Å². The summed E-state index contributed by atoms with van der Waals surface area (Å²) < 4.78 is 0. The second-order valence-corrected chi connectivity index (χ2v) is 6.32. The van der Waals surface area contributed by atoms with Gasteiger partial charge in [-0.2, -0.15) is 11.8 Å². The van der Waals surface area contributed by atoms with Crippen molar-refractivity contribution < 1.29 is 4.79 Å². The lowest BCUT2D eigenvalue weighted by molar-refractivity contribution is -0.130. The molecule has 1 atom stereocenters. The Labute approximate surface area is 131 Å². The summed E-state index contributed by atoms with van der Waals surface area (Å²) in [6.45, 7) is 3.79. The highest BCUT2D eigenvalue weighted by Crippen LogP contribution is 2.12. The van der Waals surface area contributed by atoms with Gasteiger partial charge in [-0.1, -0.05) is 29.8 Å². The smallest absolute Gasteiger partial charge is 0.224 e. The predicted octanol–water partition coefficient (Wildman–Crippen LogP) is 2.47. The minimum atomic E-state index is 0. The fourth-order valence-electron chi connectivity index (χ4n) is 2.17. The quantitative estimate of drug-likeness (QED) is 0.926. The first-order chi connectivity index (χ1) is 9.15. The Morgan fingerprint density at radius 3 is 2.70 bits per heavy atom. The van der Waals surface area contributed by atoms with E-state index in [9.17, 15) is 4.79 Å². The lowest BCUT2D eigenvalue weighted by Gasteiger charge is -2.25. The molecule has 3 nitrogen and oxygen atoms in total. The Bertz CT molecular complexity index is 418. The van der Waals surface area contributed by atoms with Gasteiger partial charge in [-0.15, -0.1) is 12.4 Å². The summed E-state index contributed by atoms with van der Waals surface area (Å²) in [5.74, 6) is 2.43. The Morgan fingerprint density at radius 2 is 2.10 bits per heavy atom. The molecular formula is C15H23ClN2OS. The maximum absolute atomic E-state index is 12.2. The molecule has 5 heteroatoms. The lowest BCUT2D eigenvalue weighted by Crippen LogP contribution is -2.41. The topological polar surface area (TPSA) is 32.3 Å². The van der Waals surface area contributed by atoms with Gasteiger partial charge in [0.1, 0.15) is 0 Å². The van der Waals surface area contributed by atoms with Crippen molar-refractivity contribution in [1.29, 1.82) is 0 Å². The second kappa shape index (κ2) is 8.55. The third kappa shape index (κ3) is 5.35. The molecule has 112 valence electrons. The highest BCUT2D eigenvalue weighted by atomic mass is 35.5. The molecule has 1 aliphatic rings. The Kier molecular flexibility index (Phi) is 7.41. The molecule has 1 amide bonds. The predicted molar refractivity (Wildman–Crippen MR) is 88.6 cm³/mol. The first kappa shape index (κ1) is 17.3. The zero-order chi connectivity index (χ0) is 13.7. The number of hydrogen-bond donors (Lipinski definition) is 1. The number of thioether (sulfide) groups is 1. The van der Waals surface area contributed by atoms with E-state index < -0.39 is 0 Å². The Hall–Kier alpha value is -0.710. The summed E-state index contributed by atoms with van der Waals surface area (Å²) in [7, 11) is 1.89. The highest BCUT2D eigenvalue weighted by molar-refractivity contribution is 7.99. The van der Waals surface area contributed by atoms with Crippen LogP contribution in [0.2, 0.25) is 0 Å². The number of aryl methyl sites for hydroxylation is 1. The van der Waals surface area contributed by atoms with Crippen LogP contribution in [0.4, 0.5) is 0 Å². The third-order valence-corrected chi connectivity index (χ3v) is 4.52. The van der Waals surface area contributed by atoms with E-state index in [0.29, 0.717) is 19.0 Å². The average molecular weight is 315 g/mol. The van der Waals surface area contributed by atoms with Gasteiger partial charge < -0.3 is 10.2 Å². The van der Waals surface area contributed by atoms with Crippen LogP contribution in [-0.4, -0.2) is 41.9 Å². The van der Waals surface area contributed by atoms with Crippen molar-refractivity contribution in [2.45, 2.75) is 25.9 Å². The van der Waals surface area contributed by atoms with Crippen molar-refractivity contribution in [1.82, 2.24) is 10.2 Å². The third-order valence-electron chi connectivity index (χ3n) is 3.39. The molecule has 1 unspecified atom stereocenters. The summed E-state index contributed by atoms with van der Waals surface area (Å²) in [6.07, 6.45) is 0.607. The molecule has 0 aromatic heterocycles. The summed E-state index contributed by atoms with van der Waals surface area (Å²) >= 11 is 1.93. The van der Waals surface area contributed by atoms with Gasteiger partial charge in [0.15, 0.2) is 0 Å². The normalized spacial score (nSPS) is 18.2. The number of nitrogens with zero attached hydrogens (tertiary/aromatic N) is 1. The van der Waals surface area contributed by atoms with E-state index in [2.05, 4.69) is 36.5 Å². The van der Waals surface area contributed by atoms with E-state index in [-0.39, 0.29) is 18.3 Å². The van der Waals surface area contributed by atoms with Gasteiger partial charge in [-0.25, -0.2) is 0 Å². The van der Waals surface area contributed by atoms with Crippen LogP contribution in [0.15, 0.2) is 24.3 Å². The van der Waals surface area contributed by atoms with Crippen LogP contribution in [0.1, 0.15) is 17.5 Å². The number of nitrogens with one attached hydrogen (secondary N) is 1. The van der Waals surface area contributed by atoms with Gasteiger partial charge in [0.25, 0.3) is 0 Å². The van der Waals surface area contributed by atoms with E-state index >= 15 is 0 Å². The van der Waals surface area contributed by atoms with Crippen LogP contribution < -0.4 is 5.32 Å². The number of carbonyl (C=O) groups excluding carboxylic acids is 1. The zero-order valence-corrected chi connectivity index (χ0v) is 13.7. The van der Waals surface area contributed by atoms with Crippen LogP contribution in [0.25, 0.3) is 0 Å². The fraction of sp³-hybridized carbons (Fsp3) is 0.533. The minimum Gasteiger partial charge on any atom is -0.341 e. The molecule has 1 aromatic carbocycles. The molecule has 1 heterocycles. The van der Waals surface area contributed by atoms with E-state index in [0.717, 1.165) is 18.1 Å². The maximum atomic E-state index is 12.2. The molecule has 0 saturated carbocycles. The highest BCUT2D eigenvalue weighted by Gasteiger charge is 2.19. The van der Waals surface area contributed by atoms with Crippen molar-refractivity contribution >= 4 is 30.1 Å². The van der Waals surface area contributed by atoms with E-state index in [4.69, 9.17) is 0 Å². The number of hydrogen-bond acceptors (Lipinski definition) is 3.